The summed E-state index contributed by atoms with van der Waals surface area (Å²) in [5, 5.41) is 0. The van der Waals surface area contributed by atoms with Crippen LogP contribution in [0.2, 0.25) is 0 Å². The number of aromatic nitrogens is 2. The minimum atomic E-state index is 0.526. The molecule has 0 spiro atoms. The Bertz CT molecular complexity index is 849. The average molecular weight is 264 g/mol. The van der Waals surface area contributed by atoms with Crippen molar-refractivity contribution in [1.82, 2.24) is 9.55 Å². The number of pyridine rings is 1. The molecule has 0 unspecified atom stereocenters. The fraction of sp³-hybridized carbons (Fsp3) is 0.125. The van der Waals surface area contributed by atoms with E-state index in [4.69, 9.17) is 4.74 Å². The molecule has 0 amide bonds. The molecule has 0 radical (unpaired) electrons. The number of hydrogen-bond donors (Lipinski definition) is 0. The number of nitrogens with zero attached hydrogens (tertiary/aromatic N) is 2. The van der Waals surface area contributed by atoms with Gasteiger partial charge < -0.3 is 9.30 Å². The van der Waals surface area contributed by atoms with Gasteiger partial charge in [-0.3, -0.25) is 4.79 Å². The number of carbonyl (C=O) groups excluding carboxylic acids is 1. The Labute approximate surface area is 115 Å². The first-order valence-electron chi connectivity index (χ1n) is 6.44. The summed E-state index contributed by atoms with van der Waals surface area (Å²) in [6, 6.07) is 12.0. The van der Waals surface area contributed by atoms with Gasteiger partial charge in [0.1, 0.15) is 5.52 Å². The van der Waals surface area contributed by atoms with Crippen molar-refractivity contribution in [3.63, 3.8) is 0 Å². The molecule has 3 heterocycles. The highest BCUT2D eigenvalue weighted by Crippen LogP contribution is 2.39. The Morgan fingerprint density at radius 2 is 2.10 bits per heavy atom. The SMILES string of the molecule is COc1ccc2c(n1)c(C=O)c1n2Cc2ccccc2-1. The van der Waals surface area contributed by atoms with Crippen molar-refractivity contribution in [3.8, 4) is 17.1 Å². The molecular weight excluding hydrogens is 252 g/mol. The molecule has 1 aliphatic rings. The van der Waals surface area contributed by atoms with Gasteiger partial charge in [-0.1, -0.05) is 24.3 Å². The van der Waals surface area contributed by atoms with E-state index in [1.807, 2.05) is 24.3 Å². The number of benzene rings is 1. The summed E-state index contributed by atoms with van der Waals surface area (Å²) in [6.45, 7) is 0.782. The van der Waals surface area contributed by atoms with E-state index in [-0.39, 0.29) is 0 Å². The first kappa shape index (κ1) is 11.2. The number of carbonyl (C=O) groups is 1. The van der Waals surface area contributed by atoms with Crippen LogP contribution in [0.15, 0.2) is 36.4 Å². The van der Waals surface area contributed by atoms with Crippen LogP contribution in [0.25, 0.3) is 22.3 Å². The van der Waals surface area contributed by atoms with Crippen molar-refractivity contribution in [3.05, 3.63) is 47.5 Å². The van der Waals surface area contributed by atoms with Crippen LogP contribution in [0.3, 0.4) is 0 Å². The average Bonchev–Trinajstić information content (AvgIpc) is 3.00. The molecule has 0 saturated heterocycles. The number of aldehydes is 1. The third-order valence-electron chi connectivity index (χ3n) is 3.85. The summed E-state index contributed by atoms with van der Waals surface area (Å²) in [5.74, 6) is 0.526. The number of hydrogen-bond acceptors (Lipinski definition) is 3. The van der Waals surface area contributed by atoms with Crippen LogP contribution in [0.1, 0.15) is 15.9 Å². The van der Waals surface area contributed by atoms with Crippen LogP contribution in [-0.2, 0) is 6.54 Å². The van der Waals surface area contributed by atoms with E-state index in [1.54, 1.807) is 7.11 Å². The Kier molecular flexibility index (Phi) is 2.21. The summed E-state index contributed by atoms with van der Waals surface area (Å²) in [4.78, 5) is 16.0. The van der Waals surface area contributed by atoms with Crippen LogP contribution in [-0.4, -0.2) is 22.9 Å². The molecule has 0 aliphatic carbocycles. The third-order valence-corrected chi connectivity index (χ3v) is 3.85. The third kappa shape index (κ3) is 1.30. The molecule has 4 nitrogen and oxygen atoms in total. The van der Waals surface area contributed by atoms with Gasteiger partial charge in [-0.2, -0.15) is 0 Å². The number of ether oxygens (including phenoxy) is 1. The quantitative estimate of drug-likeness (QED) is 0.523. The lowest BCUT2D eigenvalue weighted by molar-refractivity contribution is 0.112. The van der Waals surface area contributed by atoms with Crippen molar-refractivity contribution in [2.75, 3.05) is 7.11 Å². The van der Waals surface area contributed by atoms with Crippen molar-refractivity contribution in [1.29, 1.82) is 0 Å². The van der Waals surface area contributed by atoms with Gasteiger partial charge in [-0.25, -0.2) is 4.98 Å². The Balaban J connectivity index is 2.11. The van der Waals surface area contributed by atoms with Crippen molar-refractivity contribution in [2.24, 2.45) is 0 Å². The molecule has 0 fully saturated rings. The van der Waals surface area contributed by atoms with Crippen LogP contribution < -0.4 is 4.74 Å². The fourth-order valence-corrected chi connectivity index (χ4v) is 2.97. The first-order valence-corrected chi connectivity index (χ1v) is 6.44. The van der Waals surface area contributed by atoms with Gasteiger partial charge in [0.25, 0.3) is 0 Å². The van der Waals surface area contributed by atoms with Crippen LogP contribution in [0.4, 0.5) is 0 Å². The highest BCUT2D eigenvalue weighted by molar-refractivity contribution is 6.04. The van der Waals surface area contributed by atoms with Gasteiger partial charge in [-0.05, 0) is 11.6 Å². The van der Waals surface area contributed by atoms with Gasteiger partial charge >= 0.3 is 0 Å². The van der Waals surface area contributed by atoms with E-state index in [9.17, 15) is 4.79 Å². The fourth-order valence-electron chi connectivity index (χ4n) is 2.97. The largest absolute Gasteiger partial charge is 0.481 e. The zero-order valence-corrected chi connectivity index (χ0v) is 11.0. The smallest absolute Gasteiger partial charge is 0.213 e. The Hall–Kier alpha value is -2.62. The zero-order valence-electron chi connectivity index (χ0n) is 11.0. The molecule has 4 rings (SSSR count). The second-order valence-corrected chi connectivity index (χ2v) is 4.84. The number of methoxy groups -OCH3 is 1. The Morgan fingerprint density at radius 3 is 2.90 bits per heavy atom. The monoisotopic (exact) mass is 264 g/mol. The maximum Gasteiger partial charge on any atom is 0.213 e. The van der Waals surface area contributed by atoms with E-state index < -0.39 is 0 Å². The predicted molar refractivity (Wildman–Crippen MR) is 76.2 cm³/mol. The highest BCUT2D eigenvalue weighted by atomic mass is 16.5. The standard InChI is InChI=1S/C16H12N2O2/c1-20-14-7-6-13-15(17-14)12(9-19)16-11-5-3-2-4-10(11)8-18(13)16/h2-7,9H,8H2,1H3. The van der Waals surface area contributed by atoms with E-state index in [0.29, 0.717) is 17.0 Å². The van der Waals surface area contributed by atoms with Gasteiger partial charge in [0.15, 0.2) is 6.29 Å². The van der Waals surface area contributed by atoms with Gasteiger partial charge in [0, 0.05) is 18.2 Å². The zero-order chi connectivity index (χ0) is 13.7. The number of rotatable bonds is 2. The van der Waals surface area contributed by atoms with Crippen molar-refractivity contribution < 1.29 is 9.53 Å². The topological polar surface area (TPSA) is 44.1 Å². The number of fused-ring (bicyclic) bond motifs is 5. The van der Waals surface area contributed by atoms with Crippen molar-refractivity contribution >= 4 is 17.3 Å². The molecule has 2 aromatic heterocycles. The summed E-state index contributed by atoms with van der Waals surface area (Å²) < 4.78 is 7.30. The molecule has 0 N–H and O–H groups in total. The second kappa shape index (κ2) is 3.93. The van der Waals surface area contributed by atoms with Gasteiger partial charge in [0.05, 0.1) is 23.9 Å². The van der Waals surface area contributed by atoms with Gasteiger partial charge in [0.2, 0.25) is 5.88 Å². The maximum atomic E-state index is 11.6. The van der Waals surface area contributed by atoms with E-state index in [1.165, 1.54) is 5.56 Å². The molecule has 0 saturated carbocycles. The maximum absolute atomic E-state index is 11.6. The molecule has 0 bridgehead atoms. The minimum absolute atomic E-state index is 0.526. The summed E-state index contributed by atoms with van der Waals surface area (Å²) in [7, 11) is 1.58. The first-order chi connectivity index (χ1) is 9.83. The van der Waals surface area contributed by atoms with Gasteiger partial charge in [-0.15, -0.1) is 0 Å². The second-order valence-electron chi connectivity index (χ2n) is 4.84. The summed E-state index contributed by atoms with van der Waals surface area (Å²) in [5.41, 5.74) is 5.65. The molecular formula is C16H12N2O2. The normalized spacial score (nSPS) is 12.2. The highest BCUT2D eigenvalue weighted by Gasteiger charge is 2.26. The molecule has 98 valence electrons. The molecule has 1 aliphatic heterocycles. The molecule has 4 heteroatoms. The van der Waals surface area contributed by atoms with Crippen molar-refractivity contribution in [2.45, 2.75) is 6.54 Å². The molecule has 1 aromatic carbocycles. The lowest BCUT2D eigenvalue weighted by atomic mass is 10.0. The lowest BCUT2D eigenvalue weighted by Crippen LogP contribution is -1.93. The van der Waals surface area contributed by atoms with E-state index >= 15 is 0 Å². The molecule has 0 atom stereocenters. The van der Waals surface area contributed by atoms with Crippen LogP contribution in [0.5, 0.6) is 5.88 Å². The van der Waals surface area contributed by atoms with E-state index in [2.05, 4.69) is 21.7 Å². The van der Waals surface area contributed by atoms with Crippen LogP contribution >= 0.6 is 0 Å². The summed E-state index contributed by atoms with van der Waals surface area (Å²) >= 11 is 0. The Morgan fingerprint density at radius 1 is 1.25 bits per heavy atom. The lowest BCUT2D eigenvalue weighted by Gasteiger charge is -2.02. The van der Waals surface area contributed by atoms with E-state index in [0.717, 1.165) is 29.6 Å². The predicted octanol–water partition coefficient (Wildman–Crippen LogP) is 2.89. The van der Waals surface area contributed by atoms with Crippen LogP contribution in [0, 0.1) is 0 Å². The summed E-state index contributed by atoms with van der Waals surface area (Å²) in [6.07, 6.45) is 0.892. The molecule has 20 heavy (non-hydrogen) atoms. The molecule has 3 aromatic rings. The minimum Gasteiger partial charge on any atom is -0.481 e.